The molecule has 0 unspecified atom stereocenters. The lowest BCUT2D eigenvalue weighted by Gasteiger charge is -2.29. The van der Waals surface area contributed by atoms with Gasteiger partial charge in [-0.15, -0.1) is 5.10 Å². The molecule has 0 aromatic carbocycles. The number of hydrogen-bond donors (Lipinski definition) is 0. The zero-order valence-electron chi connectivity index (χ0n) is 9.28. The molecule has 0 aliphatic rings. The average Bonchev–Trinajstić information content (AvgIpc) is 2.60. The van der Waals surface area contributed by atoms with E-state index in [4.69, 9.17) is 92.8 Å². The van der Waals surface area contributed by atoms with Crippen molar-refractivity contribution in [2.75, 3.05) is 0 Å². The molecule has 1 rings (SSSR count). The molecule has 1 heterocycles. The van der Waals surface area contributed by atoms with Gasteiger partial charge in [-0.3, -0.25) is 0 Å². The van der Waals surface area contributed by atoms with Crippen LogP contribution in [0.3, 0.4) is 0 Å². The smallest absolute Gasteiger partial charge is 0.236 e. The summed E-state index contributed by atoms with van der Waals surface area (Å²) in [7, 11) is 0. The predicted octanol–water partition coefficient (Wildman–Crippen LogP) is 5.52. The molecule has 0 saturated heterocycles. The van der Waals surface area contributed by atoms with Crippen LogP contribution in [0.2, 0.25) is 0 Å². The highest BCUT2D eigenvalue weighted by atomic mass is 35.6. The molecule has 3 nitrogen and oxygen atoms in total. The molecule has 19 heavy (non-hydrogen) atoms. The zero-order valence-corrected chi connectivity index (χ0v) is 15.3. The fourth-order valence-corrected chi connectivity index (χ4v) is 2.34. The van der Waals surface area contributed by atoms with Gasteiger partial charge in [0.15, 0.2) is 0 Å². The van der Waals surface area contributed by atoms with Crippen LogP contribution in [0, 0.1) is 0 Å². The second kappa shape index (κ2) is 6.29. The molecule has 0 atom stereocenters. The normalized spacial score (nSPS) is 13.9. The summed E-state index contributed by atoms with van der Waals surface area (Å²) in [6, 6.07) is 0. The van der Waals surface area contributed by atoms with Crippen LogP contribution in [0.5, 0.6) is 0 Å². The van der Waals surface area contributed by atoms with Gasteiger partial charge in [-0.05, 0) is 6.42 Å². The van der Waals surface area contributed by atoms with Gasteiger partial charge in [0.05, 0.1) is 0 Å². The van der Waals surface area contributed by atoms with Crippen molar-refractivity contribution in [2.24, 2.45) is 0 Å². The third-order valence-corrected chi connectivity index (χ3v) is 4.99. The minimum atomic E-state index is -2.06. The van der Waals surface area contributed by atoms with E-state index in [0.717, 1.165) is 0 Å². The summed E-state index contributed by atoms with van der Waals surface area (Å²) < 4.78 is -4.59. The number of aryl methyl sites for hydroxylation is 1. The Bertz CT molecular complexity index is 444. The highest BCUT2D eigenvalue weighted by molar-refractivity contribution is 6.75. The maximum Gasteiger partial charge on any atom is 0.236 e. The maximum absolute atomic E-state index is 6.12. The zero-order chi connectivity index (χ0) is 15.1. The highest BCUT2D eigenvalue weighted by Gasteiger charge is 2.53. The molecular formula is C8H7Cl8N3. The lowest BCUT2D eigenvalue weighted by molar-refractivity contribution is 0.543. The number of nitrogens with zero attached hydrogens (tertiary/aromatic N) is 3. The van der Waals surface area contributed by atoms with Crippen molar-refractivity contribution in [1.82, 2.24) is 15.0 Å². The van der Waals surface area contributed by atoms with Crippen molar-refractivity contribution in [3.63, 3.8) is 0 Å². The van der Waals surface area contributed by atoms with Gasteiger partial charge >= 0.3 is 0 Å². The van der Waals surface area contributed by atoms with E-state index in [1.807, 2.05) is 6.92 Å². The number of alkyl halides is 8. The summed E-state index contributed by atoms with van der Waals surface area (Å²) >= 11 is 47.0. The Kier molecular flexibility index (Phi) is 6.13. The molecule has 11 heteroatoms. The van der Waals surface area contributed by atoms with Gasteiger partial charge in [0.25, 0.3) is 0 Å². The van der Waals surface area contributed by atoms with E-state index in [1.54, 1.807) is 0 Å². The van der Waals surface area contributed by atoms with E-state index in [-0.39, 0.29) is 11.4 Å². The lowest BCUT2D eigenvalue weighted by atomic mass is 10.2. The average molecular weight is 429 g/mol. The van der Waals surface area contributed by atoms with Crippen LogP contribution in [-0.2, 0) is 14.7 Å². The first-order valence-corrected chi connectivity index (χ1v) is 7.91. The largest absolute Gasteiger partial charge is 0.246 e. The van der Waals surface area contributed by atoms with E-state index in [1.165, 1.54) is 4.68 Å². The van der Waals surface area contributed by atoms with E-state index in [0.29, 0.717) is 13.0 Å². The van der Waals surface area contributed by atoms with Crippen LogP contribution in [0.15, 0.2) is 0 Å². The summed E-state index contributed by atoms with van der Waals surface area (Å²) in [6.07, 6.45) is 0.708. The molecule has 1 aromatic heterocycles. The molecule has 0 saturated carbocycles. The molecule has 0 spiro atoms. The number of rotatable bonds is 3. The Morgan fingerprint density at radius 3 is 1.89 bits per heavy atom. The summed E-state index contributed by atoms with van der Waals surface area (Å²) in [5, 5.41) is 7.58. The third kappa shape index (κ3) is 4.01. The van der Waals surface area contributed by atoms with Crippen LogP contribution in [0.1, 0.15) is 24.7 Å². The van der Waals surface area contributed by atoms with Crippen molar-refractivity contribution < 1.29 is 0 Å². The minimum absolute atomic E-state index is 0.0395. The molecule has 0 radical (unpaired) electrons. The number of hydrogen-bond acceptors (Lipinski definition) is 2. The van der Waals surface area contributed by atoms with Crippen LogP contribution in [0.25, 0.3) is 0 Å². The SMILES string of the molecule is CCCn1nnc(C(Cl)(Cl)Cl)c1C(Cl)(Cl)C(Cl)(Cl)Cl. The Balaban J connectivity index is 3.50. The van der Waals surface area contributed by atoms with Crippen LogP contribution in [0.4, 0.5) is 0 Å². The van der Waals surface area contributed by atoms with Gasteiger partial charge in [-0.2, -0.15) is 0 Å². The van der Waals surface area contributed by atoms with Gasteiger partial charge < -0.3 is 0 Å². The Labute approximate surface area is 150 Å². The Hall–Kier alpha value is 1.46. The number of halogens is 8. The molecule has 0 bridgehead atoms. The van der Waals surface area contributed by atoms with Crippen LogP contribution in [-0.4, -0.2) is 18.8 Å². The summed E-state index contributed by atoms with van der Waals surface area (Å²) in [5.41, 5.74) is -0.0417. The van der Waals surface area contributed by atoms with Gasteiger partial charge in [0.2, 0.25) is 11.9 Å². The van der Waals surface area contributed by atoms with Crippen molar-refractivity contribution in [2.45, 2.75) is 31.8 Å². The first kappa shape index (κ1) is 18.5. The van der Waals surface area contributed by atoms with Crippen LogP contribution >= 0.6 is 92.8 Å². The molecule has 0 aliphatic carbocycles. The summed E-state index contributed by atoms with van der Waals surface area (Å²) in [4.78, 5) is 0. The molecule has 110 valence electrons. The van der Waals surface area contributed by atoms with Gasteiger partial charge in [0.1, 0.15) is 11.4 Å². The van der Waals surface area contributed by atoms with E-state index >= 15 is 0 Å². The molecule has 0 fully saturated rings. The molecule has 0 N–H and O–H groups in total. The van der Waals surface area contributed by atoms with Crippen molar-refractivity contribution >= 4 is 92.8 Å². The highest BCUT2D eigenvalue weighted by Crippen LogP contribution is 2.55. The quantitative estimate of drug-likeness (QED) is 0.594. The molecule has 0 aliphatic heterocycles. The van der Waals surface area contributed by atoms with Gasteiger partial charge in [-0.25, -0.2) is 4.68 Å². The van der Waals surface area contributed by atoms with Gasteiger partial charge in [0, 0.05) is 6.54 Å². The van der Waals surface area contributed by atoms with E-state index in [9.17, 15) is 0 Å². The monoisotopic (exact) mass is 425 g/mol. The Morgan fingerprint density at radius 1 is 1.00 bits per heavy atom. The van der Waals surface area contributed by atoms with Crippen LogP contribution < -0.4 is 0 Å². The topological polar surface area (TPSA) is 30.7 Å². The minimum Gasteiger partial charge on any atom is -0.246 e. The molecule has 1 aromatic rings. The predicted molar refractivity (Wildman–Crippen MR) is 83.2 cm³/mol. The standard InChI is InChI=1S/C8H7Cl8N3/c1-2-3-19-5(6(9,10)8(14,15)16)4(17-18-19)7(11,12)13/h2-3H2,1H3. The fourth-order valence-electron chi connectivity index (χ4n) is 1.32. The second-order valence-corrected chi connectivity index (χ2v) is 9.47. The third-order valence-electron chi connectivity index (χ3n) is 2.09. The van der Waals surface area contributed by atoms with Crippen molar-refractivity contribution in [1.29, 1.82) is 0 Å². The fraction of sp³-hybridized carbons (Fsp3) is 0.750. The first-order chi connectivity index (χ1) is 8.43. The summed E-state index contributed by atoms with van der Waals surface area (Å²) in [6.45, 7) is 2.32. The Morgan fingerprint density at radius 2 is 1.53 bits per heavy atom. The van der Waals surface area contributed by atoms with Crippen molar-refractivity contribution in [3.05, 3.63) is 11.4 Å². The first-order valence-electron chi connectivity index (χ1n) is 4.88. The number of aromatic nitrogens is 3. The van der Waals surface area contributed by atoms with E-state index < -0.39 is 11.9 Å². The maximum atomic E-state index is 6.12. The van der Waals surface area contributed by atoms with E-state index in [2.05, 4.69) is 10.3 Å². The summed E-state index contributed by atoms with van der Waals surface area (Å²) in [5.74, 6) is 0. The second-order valence-electron chi connectivity index (χ2n) is 3.58. The lowest BCUT2D eigenvalue weighted by Crippen LogP contribution is -2.33. The van der Waals surface area contributed by atoms with Gasteiger partial charge in [-0.1, -0.05) is 105 Å². The molecular weight excluding hydrogens is 422 g/mol. The molecule has 0 amide bonds. The van der Waals surface area contributed by atoms with Crippen molar-refractivity contribution in [3.8, 4) is 0 Å².